The highest BCUT2D eigenvalue weighted by molar-refractivity contribution is 5.11. The predicted molar refractivity (Wildman–Crippen MR) is 56.8 cm³/mol. The van der Waals surface area contributed by atoms with E-state index in [0.29, 0.717) is 19.6 Å². The molecule has 0 bridgehead atoms. The lowest BCUT2D eigenvalue weighted by Crippen LogP contribution is -2.06. The van der Waals surface area contributed by atoms with Crippen molar-refractivity contribution in [1.29, 1.82) is 0 Å². The van der Waals surface area contributed by atoms with E-state index >= 15 is 0 Å². The van der Waals surface area contributed by atoms with E-state index in [1.807, 2.05) is 0 Å². The number of hydrogen-bond acceptors (Lipinski definition) is 3. The summed E-state index contributed by atoms with van der Waals surface area (Å²) in [7, 11) is 0. The quantitative estimate of drug-likeness (QED) is 0.553. The van der Waals surface area contributed by atoms with Gasteiger partial charge in [-0.15, -0.1) is 5.92 Å². The first-order valence-corrected chi connectivity index (χ1v) is 5.19. The summed E-state index contributed by atoms with van der Waals surface area (Å²) in [5.41, 5.74) is 0. The average Bonchev–Trinajstić information content (AvgIpc) is 2.75. The molecular weight excluding hydrogens is 192 g/mol. The normalized spacial score (nSPS) is 15.3. The van der Waals surface area contributed by atoms with Crippen molar-refractivity contribution in [3.05, 3.63) is 0 Å². The van der Waals surface area contributed by atoms with Gasteiger partial charge < -0.3 is 14.6 Å². The minimum absolute atomic E-state index is 0.0130. The fourth-order valence-electron chi connectivity index (χ4n) is 1.24. The molecule has 1 aliphatic rings. The van der Waals surface area contributed by atoms with Gasteiger partial charge in [0.2, 0.25) is 0 Å². The Hall–Kier alpha value is -1.00. The van der Waals surface area contributed by atoms with Crippen LogP contribution in [0.25, 0.3) is 0 Å². The third kappa shape index (κ3) is 6.14. The summed E-state index contributed by atoms with van der Waals surface area (Å²) < 4.78 is 10.6. The van der Waals surface area contributed by atoms with Gasteiger partial charge in [-0.05, 0) is 12.8 Å². The Balaban J connectivity index is 1.95. The molecule has 1 rings (SSSR count). The van der Waals surface area contributed by atoms with E-state index in [1.54, 1.807) is 0 Å². The fourth-order valence-corrected chi connectivity index (χ4v) is 1.24. The van der Waals surface area contributed by atoms with E-state index in [0.717, 1.165) is 19.3 Å². The monoisotopic (exact) mass is 208 g/mol. The molecule has 1 saturated heterocycles. The largest absolute Gasteiger partial charge is 0.384 e. The molecule has 1 N–H and O–H groups in total. The molecule has 0 atom stereocenters. The summed E-state index contributed by atoms with van der Waals surface area (Å²) in [4.78, 5) is 0. The van der Waals surface area contributed by atoms with E-state index in [9.17, 15) is 0 Å². The van der Waals surface area contributed by atoms with Gasteiger partial charge in [-0.2, -0.15) is 0 Å². The molecular formula is C12H16O3. The van der Waals surface area contributed by atoms with E-state index in [-0.39, 0.29) is 12.9 Å². The summed E-state index contributed by atoms with van der Waals surface area (Å²) in [5.74, 6) is 11.2. The molecule has 3 nitrogen and oxygen atoms in total. The molecule has 0 amide bonds. The molecule has 15 heavy (non-hydrogen) atoms. The number of rotatable bonds is 3. The van der Waals surface area contributed by atoms with Crippen LogP contribution in [0, 0.1) is 23.7 Å². The first-order chi connectivity index (χ1) is 7.43. The van der Waals surface area contributed by atoms with Crippen molar-refractivity contribution in [2.24, 2.45) is 0 Å². The minimum atomic E-state index is -0.0853. The SMILES string of the molecule is OCC#CCC#CCCCC1OCCO1. The number of hydrogen-bond donors (Lipinski definition) is 1. The lowest BCUT2D eigenvalue weighted by molar-refractivity contribution is -0.0474. The maximum Gasteiger partial charge on any atom is 0.157 e. The molecule has 82 valence electrons. The second-order valence-electron chi connectivity index (χ2n) is 3.11. The molecule has 0 aromatic heterocycles. The predicted octanol–water partition coefficient (Wildman–Crippen LogP) is 0.919. The van der Waals surface area contributed by atoms with Crippen LogP contribution >= 0.6 is 0 Å². The first kappa shape index (κ1) is 12.1. The standard InChI is InChI=1S/C12H16O3/c13-9-7-5-3-1-2-4-6-8-12-14-10-11-15-12/h12-13H,3-4,6,8-11H2. The van der Waals surface area contributed by atoms with Crippen molar-refractivity contribution in [1.82, 2.24) is 0 Å². The van der Waals surface area contributed by atoms with Gasteiger partial charge in [0.1, 0.15) is 6.61 Å². The van der Waals surface area contributed by atoms with Gasteiger partial charge in [0.25, 0.3) is 0 Å². The molecule has 0 saturated carbocycles. The highest BCUT2D eigenvalue weighted by atomic mass is 16.7. The summed E-state index contributed by atoms with van der Waals surface area (Å²) >= 11 is 0. The van der Waals surface area contributed by atoms with Crippen LogP contribution in [-0.4, -0.2) is 31.2 Å². The lowest BCUT2D eigenvalue weighted by Gasteiger charge is -2.05. The maximum absolute atomic E-state index is 8.38. The first-order valence-electron chi connectivity index (χ1n) is 5.19. The molecule has 0 unspecified atom stereocenters. The number of aliphatic hydroxyl groups is 1. The van der Waals surface area contributed by atoms with Crippen molar-refractivity contribution < 1.29 is 14.6 Å². The van der Waals surface area contributed by atoms with Crippen LogP contribution < -0.4 is 0 Å². The summed E-state index contributed by atoms with van der Waals surface area (Å²) in [6.07, 6.45) is 3.28. The summed E-state index contributed by atoms with van der Waals surface area (Å²) in [6.45, 7) is 1.35. The van der Waals surface area contributed by atoms with Crippen LogP contribution in [0.1, 0.15) is 25.7 Å². The van der Waals surface area contributed by atoms with Gasteiger partial charge in [-0.1, -0.05) is 17.8 Å². The Labute approximate surface area is 90.8 Å². The van der Waals surface area contributed by atoms with Gasteiger partial charge in [0.05, 0.1) is 19.6 Å². The molecule has 0 aliphatic carbocycles. The third-order valence-corrected chi connectivity index (χ3v) is 1.94. The average molecular weight is 208 g/mol. The number of aliphatic hydroxyl groups excluding tert-OH is 1. The zero-order valence-electron chi connectivity index (χ0n) is 8.79. The molecule has 1 heterocycles. The van der Waals surface area contributed by atoms with Crippen LogP contribution in [0.4, 0.5) is 0 Å². The zero-order chi connectivity index (χ0) is 10.8. The van der Waals surface area contributed by atoms with Crippen molar-refractivity contribution >= 4 is 0 Å². The molecule has 1 fully saturated rings. The van der Waals surface area contributed by atoms with Crippen molar-refractivity contribution in [3.8, 4) is 23.7 Å². The Morgan fingerprint density at radius 3 is 2.53 bits per heavy atom. The molecule has 3 heteroatoms. The smallest absolute Gasteiger partial charge is 0.157 e. The zero-order valence-corrected chi connectivity index (χ0v) is 8.79. The molecule has 0 radical (unpaired) electrons. The summed E-state index contributed by atoms with van der Waals surface area (Å²) in [6, 6.07) is 0. The molecule has 0 spiro atoms. The van der Waals surface area contributed by atoms with Crippen molar-refractivity contribution in [3.63, 3.8) is 0 Å². The number of unbranched alkanes of at least 4 members (excludes halogenated alkanes) is 1. The van der Waals surface area contributed by atoms with E-state index in [4.69, 9.17) is 14.6 Å². The van der Waals surface area contributed by atoms with Crippen LogP contribution in [0.3, 0.4) is 0 Å². The van der Waals surface area contributed by atoms with Gasteiger partial charge >= 0.3 is 0 Å². The fraction of sp³-hybridized carbons (Fsp3) is 0.667. The van der Waals surface area contributed by atoms with Crippen LogP contribution in [-0.2, 0) is 9.47 Å². The van der Waals surface area contributed by atoms with Crippen molar-refractivity contribution in [2.45, 2.75) is 32.0 Å². The Bertz CT molecular complexity index is 271. The van der Waals surface area contributed by atoms with Gasteiger partial charge in [-0.25, -0.2) is 0 Å². The molecule has 1 aliphatic heterocycles. The second-order valence-corrected chi connectivity index (χ2v) is 3.11. The molecule has 0 aromatic carbocycles. The minimum Gasteiger partial charge on any atom is -0.384 e. The summed E-state index contributed by atoms with van der Waals surface area (Å²) in [5, 5.41) is 8.38. The van der Waals surface area contributed by atoms with Crippen LogP contribution in [0.5, 0.6) is 0 Å². The van der Waals surface area contributed by atoms with E-state index in [2.05, 4.69) is 23.7 Å². The highest BCUT2D eigenvalue weighted by Gasteiger charge is 2.14. The Morgan fingerprint density at radius 2 is 1.80 bits per heavy atom. The van der Waals surface area contributed by atoms with E-state index < -0.39 is 0 Å². The van der Waals surface area contributed by atoms with Crippen molar-refractivity contribution in [2.75, 3.05) is 19.8 Å². The topological polar surface area (TPSA) is 38.7 Å². The second kappa shape index (κ2) is 8.32. The van der Waals surface area contributed by atoms with Crippen LogP contribution in [0.15, 0.2) is 0 Å². The molecule has 0 aromatic rings. The van der Waals surface area contributed by atoms with E-state index in [1.165, 1.54) is 0 Å². The lowest BCUT2D eigenvalue weighted by atomic mass is 10.2. The Kier molecular flexibility index (Phi) is 6.70. The van der Waals surface area contributed by atoms with Crippen LogP contribution in [0.2, 0.25) is 0 Å². The highest BCUT2D eigenvalue weighted by Crippen LogP contribution is 2.10. The van der Waals surface area contributed by atoms with Gasteiger partial charge in [0.15, 0.2) is 6.29 Å². The Morgan fingerprint density at radius 1 is 1.07 bits per heavy atom. The van der Waals surface area contributed by atoms with Gasteiger partial charge in [-0.3, -0.25) is 0 Å². The third-order valence-electron chi connectivity index (χ3n) is 1.94. The maximum atomic E-state index is 8.38. The van der Waals surface area contributed by atoms with Gasteiger partial charge in [0, 0.05) is 6.42 Å². The number of ether oxygens (including phenoxy) is 2.